The Balaban J connectivity index is 1.38. The van der Waals surface area contributed by atoms with Crippen molar-refractivity contribution in [3.8, 4) is 5.75 Å². The molecule has 2 aromatic rings. The number of hydrogen-bond donors (Lipinski definition) is 0. The summed E-state index contributed by atoms with van der Waals surface area (Å²) in [4.78, 5) is 15.2. The first-order valence-corrected chi connectivity index (χ1v) is 10.1. The fourth-order valence-electron chi connectivity index (χ4n) is 3.32. The van der Waals surface area contributed by atoms with Crippen molar-refractivity contribution in [3.05, 3.63) is 69.6 Å². The van der Waals surface area contributed by atoms with Gasteiger partial charge in [0.05, 0.1) is 4.34 Å². The third kappa shape index (κ3) is 3.87. The van der Waals surface area contributed by atoms with Crippen LogP contribution >= 0.6 is 22.9 Å². The summed E-state index contributed by atoms with van der Waals surface area (Å²) in [6.07, 6.45) is 9.91. The second-order valence-corrected chi connectivity index (χ2v) is 8.29. The van der Waals surface area contributed by atoms with Crippen LogP contribution in [0.4, 0.5) is 5.69 Å². The van der Waals surface area contributed by atoms with Crippen molar-refractivity contribution in [2.24, 2.45) is 0 Å². The van der Waals surface area contributed by atoms with Crippen LogP contribution in [0.1, 0.15) is 36.5 Å². The molecule has 26 heavy (non-hydrogen) atoms. The average molecular weight is 386 g/mol. The number of halogens is 1. The summed E-state index contributed by atoms with van der Waals surface area (Å²) in [7, 11) is 0. The molecule has 5 heteroatoms. The number of rotatable bonds is 4. The molecule has 1 amide bonds. The molecule has 2 heterocycles. The quantitative estimate of drug-likeness (QED) is 0.653. The maximum Gasteiger partial charge on any atom is 0.226 e. The van der Waals surface area contributed by atoms with Crippen LogP contribution in [-0.4, -0.2) is 12.5 Å². The Morgan fingerprint density at radius 3 is 2.62 bits per heavy atom. The maximum absolute atomic E-state index is 12.0. The van der Waals surface area contributed by atoms with Crippen LogP contribution in [-0.2, 0) is 4.79 Å². The number of amides is 1. The SMILES string of the molecule is O=C1CCCCN1c1ccc(OC2=CCC(c3ccc(Cl)s3)C=C2)cc1. The highest BCUT2D eigenvalue weighted by molar-refractivity contribution is 7.16. The maximum atomic E-state index is 12.0. The van der Waals surface area contributed by atoms with Crippen LogP contribution in [0, 0.1) is 0 Å². The number of carbonyl (C=O) groups excluding carboxylic acids is 1. The molecule has 4 rings (SSSR count). The molecule has 1 aromatic carbocycles. The Bertz CT molecular complexity index is 853. The van der Waals surface area contributed by atoms with Gasteiger partial charge in [-0.2, -0.15) is 0 Å². The van der Waals surface area contributed by atoms with Crippen LogP contribution in [0.15, 0.2) is 60.4 Å². The molecule has 134 valence electrons. The fraction of sp³-hybridized carbons (Fsp3) is 0.286. The molecule has 3 nitrogen and oxygen atoms in total. The van der Waals surface area contributed by atoms with Crippen LogP contribution in [0.3, 0.4) is 0 Å². The van der Waals surface area contributed by atoms with Crippen LogP contribution in [0.2, 0.25) is 4.34 Å². The van der Waals surface area contributed by atoms with Gasteiger partial charge < -0.3 is 9.64 Å². The van der Waals surface area contributed by atoms with E-state index in [1.54, 1.807) is 11.3 Å². The minimum absolute atomic E-state index is 0.211. The molecule has 0 spiro atoms. The average Bonchev–Trinajstić information content (AvgIpc) is 3.10. The summed E-state index contributed by atoms with van der Waals surface area (Å²) in [5.74, 6) is 2.22. The lowest BCUT2D eigenvalue weighted by atomic mass is 9.98. The molecule has 1 aromatic heterocycles. The van der Waals surface area contributed by atoms with Crippen molar-refractivity contribution < 1.29 is 9.53 Å². The zero-order chi connectivity index (χ0) is 17.9. The topological polar surface area (TPSA) is 29.5 Å². The lowest BCUT2D eigenvalue weighted by Gasteiger charge is -2.26. The highest BCUT2D eigenvalue weighted by Crippen LogP contribution is 2.34. The summed E-state index contributed by atoms with van der Waals surface area (Å²) in [6.45, 7) is 0.807. The lowest BCUT2D eigenvalue weighted by Crippen LogP contribution is -2.35. The monoisotopic (exact) mass is 385 g/mol. The predicted molar refractivity (Wildman–Crippen MR) is 107 cm³/mol. The van der Waals surface area contributed by atoms with E-state index in [1.807, 2.05) is 41.3 Å². The van der Waals surface area contributed by atoms with E-state index in [2.05, 4.69) is 18.2 Å². The van der Waals surface area contributed by atoms with Gasteiger partial charge in [-0.15, -0.1) is 11.3 Å². The van der Waals surface area contributed by atoms with Gasteiger partial charge in [0.25, 0.3) is 0 Å². The van der Waals surface area contributed by atoms with Gasteiger partial charge in [0.15, 0.2) is 0 Å². The number of anilines is 1. The van der Waals surface area contributed by atoms with Crippen molar-refractivity contribution >= 4 is 34.5 Å². The Hall–Kier alpha value is -2.04. The number of thiophene rings is 1. The van der Waals surface area contributed by atoms with Gasteiger partial charge in [-0.25, -0.2) is 0 Å². The molecule has 0 radical (unpaired) electrons. The first-order chi connectivity index (χ1) is 12.7. The summed E-state index contributed by atoms with van der Waals surface area (Å²) >= 11 is 7.65. The van der Waals surface area contributed by atoms with Crippen LogP contribution in [0.25, 0.3) is 0 Å². The van der Waals surface area contributed by atoms with Gasteiger partial charge in [0.1, 0.15) is 11.5 Å². The molecule has 1 saturated heterocycles. The summed E-state index contributed by atoms with van der Waals surface area (Å²) in [5.41, 5.74) is 0.949. The predicted octanol–water partition coefficient (Wildman–Crippen LogP) is 5.92. The van der Waals surface area contributed by atoms with Crippen LogP contribution in [0.5, 0.6) is 5.75 Å². The first kappa shape index (κ1) is 17.4. The standard InChI is InChI=1S/C21H20ClNO2S/c22-20-13-12-19(26-20)15-4-8-17(9-5-15)25-18-10-6-16(7-11-18)23-14-2-1-3-21(23)24/h4,6-13,15H,1-3,5,14H2. The number of piperidine rings is 1. The highest BCUT2D eigenvalue weighted by Gasteiger charge is 2.19. The fourth-order valence-corrected chi connectivity index (χ4v) is 4.48. The Morgan fingerprint density at radius 1 is 1.12 bits per heavy atom. The molecule has 1 fully saturated rings. The smallest absolute Gasteiger partial charge is 0.226 e. The molecule has 1 atom stereocenters. The van der Waals surface area contributed by atoms with Gasteiger partial charge in [-0.3, -0.25) is 4.79 Å². The first-order valence-electron chi connectivity index (χ1n) is 8.91. The number of hydrogen-bond acceptors (Lipinski definition) is 3. The van der Waals surface area contributed by atoms with Gasteiger partial charge in [0, 0.05) is 29.4 Å². The van der Waals surface area contributed by atoms with E-state index in [4.69, 9.17) is 16.3 Å². The minimum atomic E-state index is 0.211. The van der Waals surface area contributed by atoms with Gasteiger partial charge in [0.2, 0.25) is 5.91 Å². The summed E-state index contributed by atoms with van der Waals surface area (Å²) < 4.78 is 6.79. The summed E-state index contributed by atoms with van der Waals surface area (Å²) in [6, 6.07) is 11.8. The van der Waals surface area contributed by atoms with E-state index in [0.717, 1.165) is 47.3 Å². The third-order valence-electron chi connectivity index (χ3n) is 4.73. The zero-order valence-electron chi connectivity index (χ0n) is 14.4. The Kier molecular flexibility index (Phi) is 5.14. The molecular formula is C21H20ClNO2S. The molecule has 1 aliphatic carbocycles. The van der Waals surface area contributed by atoms with E-state index in [1.165, 1.54) is 4.88 Å². The normalized spacial score (nSPS) is 20.2. The third-order valence-corrected chi connectivity index (χ3v) is 6.10. The van der Waals surface area contributed by atoms with E-state index in [9.17, 15) is 4.79 Å². The molecule has 0 saturated carbocycles. The van der Waals surface area contributed by atoms with Gasteiger partial charge >= 0.3 is 0 Å². The highest BCUT2D eigenvalue weighted by atomic mass is 35.5. The second kappa shape index (κ2) is 7.68. The van der Waals surface area contributed by atoms with Crippen molar-refractivity contribution in [1.82, 2.24) is 0 Å². The summed E-state index contributed by atoms with van der Waals surface area (Å²) in [5, 5.41) is 0. The van der Waals surface area contributed by atoms with E-state index < -0.39 is 0 Å². The lowest BCUT2D eigenvalue weighted by molar-refractivity contribution is -0.119. The number of nitrogens with zero attached hydrogens (tertiary/aromatic N) is 1. The molecule has 1 unspecified atom stereocenters. The largest absolute Gasteiger partial charge is 0.458 e. The Labute approximate surface area is 162 Å². The second-order valence-electron chi connectivity index (χ2n) is 6.55. The molecule has 0 bridgehead atoms. The van der Waals surface area contributed by atoms with E-state index in [-0.39, 0.29) is 5.91 Å². The minimum Gasteiger partial charge on any atom is -0.458 e. The number of carbonyl (C=O) groups is 1. The van der Waals surface area contributed by atoms with Crippen molar-refractivity contribution in [2.75, 3.05) is 11.4 Å². The van der Waals surface area contributed by atoms with Crippen LogP contribution < -0.4 is 9.64 Å². The Morgan fingerprint density at radius 2 is 1.96 bits per heavy atom. The van der Waals surface area contributed by atoms with Gasteiger partial charge in [-0.05, 0) is 67.8 Å². The van der Waals surface area contributed by atoms with Crippen molar-refractivity contribution in [1.29, 1.82) is 0 Å². The van der Waals surface area contributed by atoms with E-state index in [0.29, 0.717) is 12.3 Å². The molecular weight excluding hydrogens is 366 g/mol. The number of ether oxygens (including phenoxy) is 1. The van der Waals surface area contributed by atoms with Crippen molar-refractivity contribution in [3.63, 3.8) is 0 Å². The number of benzene rings is 1. The zero-order valence-corrected chi connectivity index (χ0v) is 15.9. The molecule has 2 aliphatic rings. The number of allylic oxidation sites excluding steroid dienone is 3. The molecule has 0 N–H and O–H groups in total. The van der Waals surface area contributed by atoms with E-state index >= 15 is 0 Å². The van der Waals surface area contributed by atoms with Gasteiger partial charge in [-0.1, -0.05) is 17.7 Å². The molecule has 1 aliphatic heterocycles. The van der Waals surface area contributed by atoms with Crippen molar-refractivity contribution in [2.45, 2.75) is 31.6 Å².